The maximum Gasteiger partial charge on any atom is 0.259 e. The normalized spacial score (nSPS) is 9.64. The first-order valence-corrected chi connectivity index (χ1v) is 4.18. The highest BCUT2D eigenvalue weighted by molar-refractivity contribution is 5.77. The van der Waals surface area contributed by atoms with E-state index in [2.05, 4.69) is 0 Å². The molecule has 0 radical (unpaired) electrons. The summed E-state index contributed by atoms with van der Waals surface area (Å²) in [5, 5.41) is 0. The molecule has 0 atom stereocenters. The summed E-state index contributed by atoms with van der Waals surface area (Å²) < 4.78 is 17.6. The first-order chi connectivity index (χ1) is 6.59. The van der Waals surface area contributed by atoms with E-state index < -0.39 is 0 Å². The lowest BCUT2D eigenvalue weighted by Gasteiger charge is -2.10. The smallest absolute Gasteiger partial charge is 0.259 e. The lowest BCUT2D eigenvalue weighted by molar-refractivity contribution is -0.130. The van der Waals surface area contributed by atoms with Crippen LogP contribution in [0.1, 0.15) is 0 Å². The second-order valence-corrected chi connectivity index (χ2v) is 3.03. The molecule has 14 heavy (non-hydrogen) atoms. The molecular formula is C10H12FNO2. The third-order valence-corrected chi connectivity index (χ3v) is 1.67. The zero-order valence-corrected chi connectivity index (χ0v) is 8.16. The van der Waals surface area contributed by atoms with Crippen LogP contribution in [0.25, 0.3) is 0 Å². The van der Waals surface area contributed by atoms with E-state index in [0.717, 1.165) is 0 Å². The van der Waals surface area contributed by atoms with Crippen LogP contribution in [-0.4, -0.2) is 31.5 Å². The third kappa shape index (κ3) is 3.05. The molecule has 76 valence electrons. The molecule has 0 saturated carbocycles. The number of likely N-dealkylation sites (N-methyl/N-ethyl adjacent to an activating group) is 1. The minimum Gasteiger partial charge on any atom is -0.484 e. The molecule has 0 fully saturated rings. The summed E-state index contributed by atoms with van der Waals surface area (Å²) in [6, 6.07) is 5.54. The SMILES string of the molecule is CN(C)C(=O)COc1ccc(F)cc1. The van der Waals surface area contributed by atoms with Crippen molar-refractivity contribution in [3.63, 3.8) is 0 Å². The second-order valence-electron chi connectivity index (χ2n) is 3.03. The highest BCUT2D eigenvalue weighted by Gasteiger charge is 2.04. The Hall–Kier alpha value is -1.58. The Bertz CT molecular complexity index is 308. The van der Waals surface area contributed by atoms with Gasteiger partial charge in [0.2, 0.25) is 0 Å². The Morgan fingerprint density at radius 3 is 2.43 bits per heavy atom. The van der Waals surface area contributed by atoms with E-state index in [9.17, 15) is 9.18 Å². The number of rotatable bonds is 3. The van der Waals surface area contributed by atoms with Gasteiger partial charge < -0.3 is 9.64 Å². The molecule has 0 bridgehead atoms. The Morgan fingerprint density at radius 1 is 1.36 bits per heavy atom. The van der Waals surface area contributed by atoms with Crippen molar-refractivity contribution in [1.29, 1.82) is 0 Å². The van der Waals surface area contributed by atoms with E-state index in [1.165, 1.54) is 29.2 Å². The monoisotopic (exact) mass is 197 g/mol. The summed E-state index contributed by atoms with van der Waals surface area (Å²) in [7, 11) is 3.30. The van der Waals surface area contributed by atoms with Gasteiger partial charge in [-0.3, -0.25) is 4.79 Å². The molecule has 0 aromatic heterocycles. The average molecular weight is 197 g/mol. The van der Waals surface area contributed by atoms with Crippen molar-refractivity contribution < 1.29 is 13.9 Å². The summed E-state index contributed by atoms with van der Waals surface area (Å²) in [5.41, 5.74) is 0. The Kier molecular flexibility index (Phi) is 3.45. The Labute approximate surface area is 82.1 Å². The molecule has 0 heterocycles. The molecular weight excluding hydrogens is 185 g/mol. The maximum absolute atomic E-state index is 12.5. The zero-order valence-electron chi connectivity index (χ0n) is 8.16. The van der Waals surface area contributed by atoms with Crippen LogP contribution < -0.4 is 4.74 Å². The number of carbonyl (C=O) groups is 1. The van der Waals surface area contributed by atoms with Crippen LogP contribution in [0.15, 0.2) is 24.3 Å². The molecule has 1 amide bonds. The van der Waals surface area contributed by atoms with Crippen LogP contribution >= 0.6 is 0 Å². The van der Waals surface area contributed by atoms with Gasteiger partial charge in [-0.25, -0.2) is 4.39 Å². The van der Waals surface area contributed by atoms with E-state index in [1.54, 1.807) is 14.1 Å². The van der Waals surface area contributed by atoms with Crippen molar-refractivity contribution in [1.82, 2.24) is 4.90 Å². The molecule has 1 rings (SSSR count). The van der Waals surface area contributed by atoms with E-state index in [4.69, 9.17) is 4.74 Å². The molecule has 0 N–H and O–H groups in total. The first-order valence-electron chi connectivity index (χ1n) is 4.18. The number of carbonyl (C=O) groups excluding carboxylic acids is 1. The number of ether oxygens (including phenoxy) is 1. The predicted octanol–water partition coefficient (Wildman–Crippen LogP) is 1.29. The van der Waals surface area contributed by atoms with Gasteiger partial charge in [-0.2, -0.15) is 0 Å². The second kappa shape index (κ2) is 4.60. The molecule has 1 aromatic rings. The molecule has 0 aliphatic carbocycles. The standard InChI is InChI=1S/C10H12FNO2/c1-12(2)10(13)7-14-9-5-3-8(11)4-6-9/h3-6H,7H2,1-2H3. The molecule has 0 unspecified atom stereocenters. The minimum atomic E-state index is -0.323. The van der Waals surface area contributed by atoms with Gasteiger partial charge in [0.05, 0.1) is 0 Å². The molecule has 0 aliphatic heterocycles. The fourth-order valence-electron chi connectivity index (χ4n) is 0.805. The average Bonchev–Trinajstić information content (AvgIpc) is 2.16. The molecule has 0 aliphatic rings. The summed E-state index contributed by atoms with van der Waals surface area (Å²) in [4.78, 5) is 12.5. The van der Waals surface area contributed by atoms with Crippen molar-refractivity contribution in [2.75, 3.05) is 20.7 Å². The van der Waals surface area contributed by atoms with Gasteiger partial charge >= 0.3 is 0 Å². The zero-order chi connectivity index (χ0) is 10.6. The topological polar surface area (TPSA) is 29.5 Å². The van der Waals surface area contributed by atoms with Gasteiger partial charge in [-0.1, -0.05) is 0 Å². The molecule has 4 heteroatoms. The van der Waals surface area contributed by atoms with Crippen molar-refractivity contribution in [2.45, 2.75) is 0 Å². The lowest BCUT2D eigenvalue weighted by atomic mass is 10.3. The van der Waals surface area contributed by atoms with Crippen LogP contribution in [-0.2, 0) is 4.79 Å². The fourth-order valence-corrected chi connectivity index (χ4v) is 0.805. The first kappa shape index (κ1) is 10.5. The van der Waals surface area contributed by atoms with Crippen molar-refractivity contribution in [2.24, 2.45) is 0 Å². The maximum atomic E-state index is 12.5. The Morgan fingerprint density at radius 2 is 1.93 bits per heavy atom. The predicted molar refractivity (Wildman–Crippen MR) is 50.6 cm³/mol. The number of hydrogen-bond donors (Lipinski definition) is 0. The molecule has 0 spiro atoms. The number of nitrogens with zero attached hydrogens (tertiary/aromatic N) is 1. The minimum absolute atomic E-state index is 0.0291. The van der Waals surface area contributed by atoms with Gasteiger partial charge in [0.25, 0.3) is 5.91 Å². The van der Waals surface area contributed by atoms with E-state index in [1.807, 2.05) is 0 Å². The number of amides is 1. The Balaban J connectivity index is 2.46. The molecule has 0 saturated heterocycles. The highest BCUT2D eigenvalue weighted by atomic mass is 19.1. The fraction of sp³-hybridized carbons (Fsp3) is 0.300. The van der Waals surface area contributed by atoms with Gasteiger partial charge in [-0.15, -0.1) is 0 Å². The van der Waals surface area contributed by atoms with Gasteiger partial charge in [0, 0.05) is 14.1 Å². The van der Waals surface area contributed by atoms with Crippen molar-refractivity contribution in [3.05, 3.63) is 30.1 Å². The van der Waals surface area contributed by atoms with Crippen LogP contribution in [0.5, 0.6) is 5.75 Å². The molecule has 3 nitrogen and oxygen atoms in total. The van der Waals surface area contributed by atoms with Gasteiger partial charge in [0.1, 0.15) is 11.6 Å². The van der Waals surface area contributed by atoms with Crippen molar-refractivity contribution in [3.8, 4) is 5.75 Å². The van der Waals surface area contributed by atoms with E-state index >= 15 is 0 Å². The quantitative estimate of drug-likeness (QED) is 0.730. The van der Waals surface area contributed by atoms with Crippen molar-refractivity contribution >= 4 is 5.91 Å². The van der Waals surface area contributed by atoms with Gasteiger partial charge in [0.15, 0.2) is 6.61 Å². The lowest BCUT2D eigenvalue weighted by Crippen LogP contribution is -2.27. The van der Waals surface area contributed by atoms with Crippen LogP contribution in [0.3, 0.4) is 0 Å². The summed E-state index contributed by atoms with van der Waals surface area (Å²) in [5.74, 6) is 0.0345. The van der Waals surface area contributed by atoms with E-state index in [-0.39, 0.29) is 18.3 Å². The van der Waals surface area contributed by atoms with Gasteiger partial charge in [-0.05, 0) is 24.3 Å². The largest absolute Gasteiger partial charge is 0.484 e. The molecule has 1 aromatic carbocycles. The number of halogens is 1. The summed E-state index contributed by atoms with van der Waals surface area (Å²) in [6.07, 6.45) is 0. The highest BCUT2D eigenvalue weighted by Crippen LogP contribution is 2.10. The van der Waals surface area contributed by atoms with Crippen LogP contribution in [0, 0.1) is 5.82 Å². The van der Waals surface area contributed by atoms with E-state index in [0.29, 0.717) is 5.75 Å². The third-order valence-electron chi connectivity index (χ3n) is 1.67. The number of benzene rings is 1. The van der Waals surface area contributed by atoms with Crippen LogP contribution in [0.2, 0.25) is 0 Å². The van der Waals surface area contributed by atoms with Crippen LogP contribution in [0.4, 0.5) is 4.39 Å². The summed E-state index contributed by atoms with van der Waals surface area (Å²) in [6.45, 7) is -0.0291. The summed E-state index contributed by atoms with van der Waals surface area (Å²) >= 11 is 0. The number of hydrogen-bond acceptors (Lipinski definition) is 2.